The topological polar surface area (TPSA) is 54.9 Å². The summed E-state index contributed by atoms with van der Waals surface area (Å²) < 4.78 is 0.689. The van der Waals surface area contributed by atoms with Gasteiger partial charge in [-0.1, -0.05) is 38.7 Å². The number of nitrogens with zero attached hydrogens (tertiary/aromatic N) is 2. The number of rotatable bonds is 5. The van der Waals surface area contributed by atoms with Gasteiger partial charge in [-0.15, -0.1) is 0 Å². The Morgan fingerprint density at radius 2 is 2.23 bits per heavy atom. The van der Waals surface area contributed by atoms with Gasteiger partial charge in [0.25, 0.3) is 0 Å². The number of aromatic nitrogens is 2. The smallest absolute Gasteiger partial charge is 0.226 e. The minimum Gasteiger partial charge on any atom is -0.310 e. The van der Waals surface area contributed by atoms with Crippen LogP contribution in [0, 0.1) is 0 Å². The molecular weight excluding hydrogens is 342 g/mol. The highest BCUT2D eigenvalue weighted by Gasteiger charge is 2.28. The average molecular weight is 362 g/mol. The summed E-state index contributed by atoms with van der Waals surface area (Å²) in [6.07, 6.45) is 8.22. The van der Waals surface area contributed by atoms with Crippen molar-refractivity contribution in [2.24, 2.45) is 0 Å². The Hall–Kier alpha value is -1.49. The first-order valence-corrected chi connectivity index (χ1v) is 8.74. The Bertz CT molecular complexity index is 702. The predicted octanol–water partition coefficient (Wildman–Crippen LogP) is 4.79. The van der Waals surface area contributed by atoms with Gasteiger partial charge in [0.15, 0.2) is 0 Å². The molecule has 3 heterocycles. The molecule has 5 heteroatoms. The van der Waals surface area contributed by atoms with Crippen molar-refractivity contribution in [2.75, 3.05) is 5.32 Å². The van der Waals surface area contributed by atoms with Crippen molar-refractivity contribution in [3.63, 3.8) is 0 Å². The van der Waals surface area contributed by atoms with Crippen LogP contribution in [-0.4, -0.2) is 15.9 Å². The molecule has 0 saturated heterocycles. The molecule has 1 N–H and O–H groups in total. The van der Waals surface area contributed by atoms with Crippen molar-refractivity contribution in [3.05, 3.63) is 28.5 Å². The van der Waals surface area contributed by atoms with E-state index in [2.05, 4.69) is 44.2 Å². The highest BCUT2D eigenvalue weighted by Crippen LogP contribution is 2.40. The van der Waals surface area contributed by atoms with Gasteiger partial charge in [-0.3, -0.25) is 9.78 Å². The molecule has 2 aromatic rings. The van der Waals surface area contributed by atoms with E-state index in [4.69, 9.17) is 0 Å². The van der Waals surface area contributed by atoms with Crippen molar-refractivity contribution in [1.29, 1.82) is 0 Å². The maximum atomic E-state index is 12.0. The van der Waals surface area contributed by atoms with E-state index < -0.39 is 0 Å². The molecule has 4 nitrogen and oxygen atoms in total. The van der Waals surface area contributed by atoms with Crippen LogP contribution in [0.5, 0.6) is 0 Å². The highest BCUT2D eigenvalue weighted by molar-refractivity contribution is 9.10. The lowest BCUT2D eigenvalue weighted by Crippen LogP contribution is -2.24. The van der Waals surface area contributed by atoms with E-state index in [1.807, 2.05) is 6.07 Å². The monoisotopic (exact) mass is 361 g/mol. The largest absolute Gasteiger partial charge is 0.310 e. The van der Waals surface area contributed by atoms with Crippen LogP contribution in [0.15, 0.2) is 22.9 Å². The fraction of sp³-hybridized carbons (Fsp3) is 0.471. The number of fused-ring (bicyclic) bond motifs is 3. The molecule has 0 radical (unpaired) electrons. The normalized spacial score (nSPS) is 17.4. The maximum Gasteiger partial charge on any atom is 0.226 e. The summed E-state index contributed by atoms with van der Waals surface area (Å²) in [6.45, 7) is 2.21. The Kier molecular flexibility index (Phi) is 4.71. The second kappa shape index (κ2) is 6.73. The van der Waals surface area contributed by atoms with E-state index >= 15 is 0 Å². The number of carbonyl (C=O) groups excluding carboxylic acids is 1. The number of hydrogen-bond donors (Lipinski definition) is 1. The molecule has 1 aliphatic heterocycles. The highest BCUT2D eigenvalue weighted by atomic mass is 79.9. The average Bonchev–Trinajstić information content (AvgIpc) is 2.51. The fourth-order valence-electron chi connectivity index (χ4n) is 3.21. The van der Waals surface area contributed by atoms with Crippen LogP contribution in [0.25, 0.3) is 10.9 Å². The zero-order valence-corrected chi connectivity index (χ0v) is 14.3. The van der Waals surface area contributed by atoms with Crippen LogP contribution in [0.2, 0.25) is 0 Å². The van der Waals surface area contributed by atoms with Crippen LogP contribution in [0.1, 0.15) is 56.9 Å². The molecule has 1 atom stereocenters. The van der Waals surface area contributed by atoms with Crippen molar-refractivity contribution < 1.29 is 4.79 Å². The molecule has 0 fully saturated rings. The maximum absolute atomic E-state index is 12.0. The fourth-order valence-corrected chi connectivity index (χ4v) is 3.70. The standard InChI is InChI=1S/C17H20BrN3O/c1-2-3-4-5-7-11-10-13(22)20-17-14(11)12-8-6-9-19-15(12)16(18)21-17/h6,8-9,11H,2-5,7,10H2,1H3,(H,20,21,22). The van der Waals surface area contributed by atoms with Crippen molar-refractivity contribution in [3.8, 4) is 0 Å². The Labute approximate surface area is 138 Å². The number of carbonyl (C=O) groups is 1. The molecule has 0 spiro atoms. The summed E-state index contributed by atoms with van der Waals surface area (Å²) in [4.78, 5) is 20.9. The molecule has 0 aromatic carbocycles. The first-order valence-electron chi connectivity index (χ1n) is 7.94. The number of anilines is 1. The molecule has 22 heavy (non-hydrogen) atoms. The number of nitrogens with one attached hydrogen (secondary N) is 1. The van der Waals surface area contributed by atoms with E-state index in [9.17, 15) is 4.79 Å². The minimum atomic E-state index is 0.0654. The van der Waals surface area contributed by atoms with E-state index in [-0.39, 0.29) is 11.8 Å². The molecule has 0 saturated carbocycles. The lowest BCUT2D eigenvalue weighted by Gasteiger charge is -2.26. The zero-order valence-electron chi connectivity index (χ0n) is 12.7. The van der Waals surface area contributed by atoms with Crippen LogP contribution in [0.3, 0.4) is 0 Å². The van der Waals surface area contributed by atoms with Crippen molar-refractivity contribution in [1.82, 2.24) is 9.97 Å². The van der Waals surface area contributed by atoms with Gasteiger partial charge in [0.1, 0.15) is 15.9 Å². The second-order valence-electron chi connectivity index (χ2n) is 5.86. The summed E-state index contributed by atoms with van der Waals surface area (Å²) in [5, 5.41) is 4.01. The van der Waals surface area contributed by atoms with Gasteiger partial charge in [0.2, 0.25) is 5.91 Å². The first kappa shape index (κ1) is 15.4. The van der Waals surface area contributed by atoms with Gasteiger partial charge in [0.05, 0.1) is 0 Å². The molecule has 1 unspecified atom stereocenters. The molecular formula is C17H20BrN3O. The number of amides is 1. The third-order valence-corrected chi connectivity index (χ3v) is 4.82. The lowest BCUT2D eigenvalue weighted by atomic mass is 9.86. The number of hydrogen-bond acceptors (Lipinski definition) is 3. The van der Waals surface area contributed by atoms with Crippen LogP contribution in [-0.2, 0) is 4.79 Å². The Balaban J connectivity index is 1.99. The van der Waals surface area contributed by atoms with E-state index in [1.54, 1.807) is 6.20 Å². The van der Waals surface area contributed by atoms with Gasteiger partial charge in [0, 0.05) is 23.6 Å². The molecule has 116 valence electrons. The molecule has 3 rings (SSSR count). The minimum absolute atomic E-state index is 0.0654. The zero-order chi connectivity index (χ0) is 15.5. The molecule has 2 aromatic heterocycles. The van der Waals surface area contributed by atoms with Gasteiger partial charge >= 0.3 is 0 Å². The summed E-state index contributed by atoms with van der Waals surface area (Å²) in [7, 11) is 0. The summed E-state index contributed by atoms with van der Waals surface area (Å²) in [5.41, 5.74) is 2.03. The summed E-state index contributed by atoms with van der Waals surface area (Å²) in [6, 6.07) is 4.02. The van der Waals surface area contributed by atoms with Crippen LogP contribution in [0.4, 0.5) is 5.82 Å². The first-order chi connectivity index (χ1) is 10.7. The van der Waals surface area contributed by atoms with E-state index in [0.717, 1.165) is 29.3 Å². The van der Waals surface area contributed by atoms with Crippen molar-refractivity contribution >= 4 is 38.6 Å². The number of unbranched alkanes of at least 4 members (excludes halogenated alkanes) is 3. The second-order valence-corrected chi connectivity index (χ2v) is 6.61. The molecule has 1 aliphatic rings. The SMILES string of the molecule is CCCCCCC1CC(=O)Nc2nc(Br)c3ncccc3c21. The van der Waals surface area contributed by atoms with Gasteiger partial charge in [-0.2, -0.15) is 0 Å². The Morgan fingerprint density at radius 1 is 1.36 bits per heavy atom. The predicted molar refractivity (Wildman–Crippen MR) is 92.0 cm³/mol. The number of halogens is 1. The third-order valence-electron chi connectivity index (χ3n) is 4.26. The lowest BCUT2D eigenvalue weighted by molar-refractivity contribution is -0.116. The molecule has 0 aliphatic carbocycles. The van der Waals surface area contributed by atoms with Gasteiger partial charge < -0.3 is 5.32 Å². The van der Waals surface area contributed by atoms with Gasteiger partial charge in [-0.25, -0.2) is 4.98 Å². The summed E-state index contributed by atoms with van der Waals surface area (Å²) in [5.74, 6) is 1.01. The Morgan fingerprint density at radius 3 is 3.05 bits per heavy atom. The van der Waals surface area contributed by atoms with Gasteiger partial charge in [-0.05, 0) is 34.3 Å². The third kappa shape index (κ3) is 3.00. The van der Waals surface area contributed by atoms with Crippen molar-refractivity contribution in [2.45, 2.75) is 51.4 Å². The van der Waals surface area contributed by atoms with E-state index in [1.165, 1.54) is 19.3 Å². The van der Waals surface area contributed by atoms with E-state index in [0.29, 0.717) is 16.8 Å². The quantitative estimate of drug-likeness (QED) is 0.615. The molecule has 0 bridgehead atoms. The van der Waals surface area contributed by atoms with Crippen LogP contribution >= 0.6 is 15.9 Å². The summed E-state index contributed by atoms with van der Waals surface area (Å²) >= 11 is 3.46. The van der Waals surface area contributed by atoms with Crippen LogP contribution < -0.4 is 5.32 Å². The molecule has 1 amide bonds. The number of pyridine rings is 2.